The summed E-state index contributed by atoms with van der Waals surface area (Å²) in [7, 11) is 0. The SMILES string of the molecule is O=[N+]([O-])c1ccc(Cn2ccc3c(Cl)cc(Cl)cc32)o1. The van der Waals surface area contributed by atoms with Gasteiger partial charge in [0.1, 0.15) is 10.7 Å². The number of hydrogen-bond acceptors (Lipinski definition) is 3. The Morgan fingerprint density at radius 3 is 2.75 bits per heavy atom. The number of nitro groups is 1. The van der Waals surface area contributed by atoms with Gasteiger partial charge in [-0.15, -0.1) is 0 Å². The molecule has 0 radical (unpaired) electrons. The minimum Gasteiger partial charge on any atom is -0.404 e. The molecule has 20 heavy (non-hydrogen) atoms. The first-order chi connectivity index (χ1) is 9.54. The molecule has 2 heterocycles. The van der Waals surface area contributed by atoms with Crippen LogP contribution >= 0.6 is 23.2 Å². The van der Waals surface area contributed by atoms with Crippen LogP contribution in [0.15, 0.2) is 40.9 Å². The van der Waals surface area contributed by atoms with Gasteiger partial charge in [-0.3, -0.25) is 10.1 Å². The molecule has 0 saturated carbocycles. The highest BCUT2D eigenvalue weighted by Gasteiger charge is 2.13. The van der Waals surface area contributed by atoms with Gasteiger partial charge in [-0.05, 0) is 24.3 Å². The average molecular weight is 311 g/mol. The predicted molar refractivity (Wildman–Crippen MR) is 76.4 cm³/mol. The van der Waals surface area contributed by atoms with Crippen molar-refractivity contribution in [3.8, 4) is 0 Å². The van der Waals surface area contributed by atoms with E-state index in [1.54, 1.807) is 18.2 Å². The van der Waals surface area contributed by atoms with Crippen LogP contribution in [0.4, 0.5) is 5.88 Å². The number of rotatable bonds is 3. The van der Waals surface area contributed by atoms with E-state index in [0.29, 0.717) is 22.4 Å². The second-order valence-electron chi connectivity index (χ2n) is 4.26. The van der Waals surface area contributed by atoms with Crippen molar-refractivity contribution in [2.24, 2.45) is 0 Å². The van der Waals surface area contributed by atoms with Gasteiger partial charge in [-0.1, -0.05) is 23.2 Å². The highest BCUT2D eigenvalue weighted by atomic mass is 35.5. The van der Waals surface area contributed by atoms with Crippen LogP contribution in [0.2, 0.25) is 10.0 Å². The predicted octanol–water partition coefficient (Wildman–Crippen LogP) is 4.50. The zero-order valence-electron chi connectivity index (χ0n) is 10.0. The molecule has 0 aliphatic carbocycles. The molecule has 0 aliphatic heterocycles. The number of aromatic nitrogens is 1. The Morgan fingerprint density at radius 1 is 1.25 bits per heavy atom. The van der Waals surface area contributed by atoms with Gasteiger partial charge >= 0.3 is 5.88 Å². The van der Waals surface area contributed by atoms with E-state index in [2.05, 4.69) is 0 Å². The van der Waals surface area contributed by atoms with E-state index in [1.807, 2.05) is 16.8 Å². The molecule has 3 aromatic rings. The summed E-state index contributed by atoms with van der Waals surface area (Å²) >= 11 is 12.1. The van der Waals surface area contributed by atoms with Gasteiger partial charge in [0.15, 0.2) is 0 Å². The van der Waals surface area contributed by atoms with Gasteiger partial charge in [0.05, 0.1) is 23.2 Å². The number of fused-ring (bicyclic) bond motifs is 1. The second kappa shape index (κ2) is 4.85. The summed E-state index contributed by atoms with van der Waals surface area (Å²) in [5.41, 5.74) is 0.849. The van der Waals surface area contributed by atoms with Gasteiger partial charge in [0.25, 0.3) is 0 Å². The molecule has 0 atom stereocenters. The first-order valence-electron chi connectivity index (χ1n) is 5.71. The molecular formula is C13H8Cl2N2O3. The van der Waals surface area contributed by atoms with Crippen LogP contribution in [0, 0.1) is 10.1 Å². The van der Waals surface area contributed by atoms with Crippen molar-refractivity contribution in [2.45, 2.75) is 6.54 Å². The van der Waals surface area contributed by atoms with E-state index >= 15 is 0 Å². The van der Waals surface area contributed by atoms with Crippen molar-refractivity contribution >= 4 is 40.0 Å². The van der Waals surface area contributed by atoms with Gasteiger partial charge < -0.3 is 8.98 Å². The molecule has 102 valence electrons. The molecule has 0 amide bonds. The van der Waals surface area contributed by atoms with E-state index in [0.717, 1.165) is 10.9 Å². The molecule has 7 heteroatoms. The van der Waals surface area contributed by atoms with Crippen molar-refractivity contribution in [3.05, 3.63) is 62.4 Å². The number of furan rings is 1. The Balaban J connectivity index is 2.00. The second-order valence-corrected chi connectivity index (χ2v) is 5.10. The lowest BCUT2D eigenvalue weighted by atomic mass is 10.2. The molecule has 3 rings (SSSR count). The number of hydrogen-bond donors (Lipinski definition) is 0. The van der Waals surface area contributed by atoms with E-state index in [1.165, 1.54) is 6.07 Å². The number of nitrogens with zero attached hydrogens (tertiary/aromatic N) is 2. The molecule has 0 spiro atoms. The van der Waals surface area contributed by atoms with Crippen molar-refractivity contribution in [1.29, 1.82) is 0 Å². The summed E-state index contributed by atoms with van der Waals surface area (Å²) in [6.07, 6.45) is 1.83. The lowest BCUT2D eigenvalue weighted by Crippen LogP contribution is -1.96. The van der Waals surface area contributed by atoms with Crippen LogP contribution < -0.4 is 0 Å². The maximum atomic E-state index is 10.6. The first-order valence-corrected chi connectivity index (χ1v) is 6.47. The van der Waals surface area contributed by atoms with Crippen LogP contribution in [0.5, 0.6) is 0 Å². The van der Waals surface area contributed by atoms with E-state index in [4.69, 9.17) is 27.6 Å². The lowest BCUT2D eigenvalue weighted by Gasteiger charge is -2.04. The fourth-order valence-corrected chi connectivity index (χ4v) is 2.62. The smallest absolute Gasteiger partial charge is 0.404 e. The summed E-state index contributed by atoms with van der Waals surface area (Å²) in [4.78, 5) is 10.0. The third kappa shape index (κ3) is 2.26. The molecule has 0 fully saturated rings. The number of halogens is 2. The molecule has 0 unspecified atom stereocenters. The molecule has 0 bridgehead atoms. The van der Waals surface area contributed by atoms with Gasteiger partial charge in [0.2, 0.25) is 0 Å². The third-order valence-electron chi connectivity index (χ3n) is 2.96. The topological polar surface area (TPSA) is 61.2 Å². The molecule has 2 aromatic heterocycles. The first kappa shape index (κ1) is 13.0. The quantitative estimate of drug-likeness (QED) is 0.528. The van der Waals surface area contributed by atoms with Gasteiger partial charge in [-0.2, -0.15) is 0 Å². The molecule has 0 saturated heterocycles. The van der Waals surface area contributed by atoms with Crippen LogP contribution in [0.25, 0.3) is 10.9 Å². The third-order valence-corrected chi connectivity index (χ3v) is 3.49. The van der Waals surface area contributed by atoms with Crippen LogP contribution in [0.1, 0.15) is 5.76 Å². The standard InChI is InChI=1S/C13H8Cl2N2O3/c14-8-5-11(15)10-3-4-16(12(10)6-8)7-9-1-2-13(20-9)17(18)19/h1-6H,7H2. The molecule has 1 aromatic carbocycles. The maximum Gasteiger partial charge on any atom is 0.433 e. The van der Waals surface area contributed by atoms with E-state index in [-0.39, 0.29) is 5.88 Å². The Kier molecular flexibility index (Phi) is 3.16. The van der Waals surface area contributed by atoms with Crippen molar-refractivity contribution < 1.29 is 9.34 Å². The Morgan fingerprint density at radius 2 is 2.05 bits per heavy atom. The summed E-state index contributed by atoms with van der Waals surface area (Å²) < 4.78 is 7.01. The van der Waals surface area contributed by atoms with Crippen LogP contribution in [-0.4, -0.2) is 9.49 Å². The molecule has 0 N–H and O–H groups in total. The maximum absolute atomic E-state index is 10.6. The summed E-state index contributed by atoms with van der Waals surface area (Å²) in [6.45, 7) is 0.369. The largest absolute Gasteiger partial charge is 0.433 e. The van der Waals surface area contributed by atoms with Gasteiger partial charge in [-0.25, -0.2) is 0 Å². The Hall–Kier alpha value is -1.98. The van der Waals surface area contributed by atoms with E-state index in [9.17, 15) is 10.1 Å². The zero-order chi connectivity index (χ0) is 14.3. The summed E-state index contributed by atoms with van der Waals surface area (Å²) in [6, 6.07) is 8.25. The van der Waals surface area contributed by atoms with Crippen molar-refractivity contribution in [2.75, 3.05) is 0 Å². The van der Waals surface area contributed by atoms with Crippen LogP contribution in [0.3, 0.4) is 0 Å². The average Bonchev–Trinajstić information content (AvgIpc) is 2.98. The summed E-state index contributed by atoms with van der Waals surface area (Å²) in [5, 5.41) is 12.6. The fourth-order valence-electron chi connectivity index (χ4n) is 2.07. The summed E-state index contributed by atoms with van der Waals surface area (Å²) in [5.74, 6) is 0.220. The van der Waals surface area contributed by atoms with Gasteiger partial charge in [0, 0.05) is 16.6 Å². The number of benzene rings is 1. The monoisotopic (exact) mass is 310 g/mol. The Labute approximate surface area is 123 Å². The zero-order valence-corrected chi connectivity index (χ0v) is 11.6. The lowest BCUT2D eigenvalue weighted by molar-refractivity contribution is -0.402. The van der Waals surface area contributed by atoms with Crippen molar-refractivity contribution in [3.63, 3.8) is 0 Å². The normalized spacial score (nSPS) is 11.1. The van der Waals surface area contributed by atoms with Crippen molar-refractivity contribution in [1.82, 2.24) is 4.57 Å². The molecule has 5 nitrogen and oxygen atoms in total. The highest BCUT2D eigenvalue weighted by Crippen LogP contribution is 2.29. The highest BCUT2D eigenvalue weighted by molar-refractivity contribution is 6.38. The minimum atomic E-state index is -0.564. The Bertz CT molecular complexity index is 807. The van der Waals surface area contributed by atoms with Crippen LogP contribution in [-0.2, 0) is 6.54 Å². The fraction of sp³-hybridized carbons (Fsp3) is 0.0769. The molecular weight excluding hydrogens is 303 g/mol. The molecule has 0 aliphatic rings. The minimum absolute atomic E-state index is 0.271. The van der Waals surface area contributed by atoms with E-state index < -0.39 is 4.92 Å².